The summed E-state index contributed by atoms with van der Waals surface area (Å²) in [6, 6.07) is 5.05. The van der Waals surface area contributed by atoms with Crippen molar-refractivity contribution in [2.75, 3.05) is 11.5 Å². The monoisotopic (exact) mass is 520 g/mol. The highest BCUT2D eigenvalue weighted by Crippen LogP contribution is 2.67. The minimum atomic E-state index is -0.138. The van der Waals surface area contributed by atoms with Crippen molar-refractivity contribution in [1.29, 1.82) is 0 Å². The second-order valence-corrected chi connectivity index (χ2v) is 14.5. The molecule has 4 aliphatic carbocycles. The Bertz CT molecular complexity index is 1040. The Morgan fingerprint density at radius 1 is 0.974 bits per heavy atom. The first kappa shape index (κ1) is 27.6. The molecule has 8 unspecified atom stereocenters. The van der Waals surface area contributed by atoms with Gasteiger partial charge in [0, 0.05) is 23.5 Å². The van der Waals surface area contributed by atoms with Gasteiger partial charge in [0.05, 0.1) is 5.92 Å². The van der Waals surface area contributed by atoms with E-state index in [9.17, 15) is 4.79 Å². The van der Waals surface area contributed by atoms with Gasteiger partial charge in [-0.1, -0.05) is 65.5 Å². The number of esters is 1. The van der Waals surface area contributed by atoms with Gasteiger partial charge in [0.25, 0.3) is 0 Å². The van der Waals surface area contributed by atoms with Crippen molar-refractivity contribution in [2.24, 2.45) is 52.3 Å². The molecule has 5 rings (SSSR count). The predicted molar refractivity (Wildman–Crippen MR) is 157 cm³/mol. The molecule has 0 radical (unpaired) electrons. The lowest BCUT2D eigenvalue weighted by atomic mass is 9.46. The lowest BCUT2D eigenvalue weighted by Crippen LogP contribution is -2.50. The highest BCUT2D eigenvalue weighted by molar-refractivity contribution is 5.76. The molecule has 0 aliphatic heterocycles. The van der Waals surface area contributed by atoms with Crippen molar-refractivity contribution in [2.45, 2.75) is 105 Å². The zero-order valence-corrected chi connectivity index (χ0v) is 24.6. The van der Waals surface area contributed by atoms with Crippen LogP contribution in [0.5, 0.6) is 5.75 Å². The number of rotatable bonds is 7. The molecular weight excluding hydrogens is 468 g/mol. The van der Waals surface area contributed by atoms with E-state index in [1.165, 1.54) is 56.9 Å². The summed E-state index contributed by atoms with van der Waals surface area (Å²) >= 11 is 0. The first-order valence-electron chi connectivity index (χ1n) is 15.6. The van der Waals surface area contributed by atoms with E-state index in [2.05, 4.69) is 40.7 Å². The average molecular weight is 521 g/mol. The second-order valence-electron chi connectivity index (χ2n) is 14.5. The van der Waals surface area contributed by atoms with Gasteiger partial charge in [0.2, 0.25) is 0 Å². The Morgan fingerprint density at radius 2 is 1.71 bits per heavy atom. The molecule has 3 saturated carbocycles. The highest BCUT2D eigenvalue weighted by atomic mass is 16.5. The second kappa shape index (κ2) is 10.5. The van der Waals surface area contributed by atoms with E-state index in [1.807, 2.05) is 0 Å². The van der Waals surface area contributed by atoms with Crippen molar-refractivity contribution in [3.05, 3.63) is 29.8 Å². The number of carbonyl (C=O) groups is 1. The van der Waals surface area contributed by atoms with E-state index in [4.69, 9.17) is 16.2 Å². The summed E-state index contributed by atoms with van der Waals surface area (Å²) in [6.07, 6.45) is 16.4. The van der Waals surface area contributed by atoms with Crippen LogP contribution in [0.4, 0.5) is 11.4 Å². The van der Waals surface area contributed by atoms with Gasteiger partial charge in [-0.15, -0.1) is 0 Å². The minimum absolute atomic E-state index is 0.0788. The molecule has 4 heteroatoms. The third kappa shape index (κ3) is 5.02. The van der Waals surface area contributed by atoms with Gasteiger partial charge in [-0.3, -0.25) is 4.79 Å². The standard InChI is InChI=1S/C34H52N2O2/c1-21(2)7-6-8-22(3)29-11-12-30-28-10-9-24-17-23(32(37)38-27-19-25(35)18-26(36)20-27)13-15-33(24,4)31(28)14-16-34(29,30)5/h9,18-23,28-31H,6-8,10-17,35-36H2,1-5H3. The molecule has 210 valence electrons. The van der Waals surface area contributed by atoms with Crippen LogP contribution >= 0.6 is 0 Å². The van der Waals surface area contributed by atoms with Gasteiger partial charge in [-0.2, -0.15) is 0 Å². The fourth-order valence-electron chi connectivity index (χ4n) is 9.79. The maximum absolute atomic E-state index is 13.1. The first-order chi connectivity index (χ1) is 18.0. The number of allylic oxidation sites excluding steroid dienone is 2. The average Bonchev–Trinajstić information content (AvgIpc) is 3.20. The number of ether oxygens (including phenoxy) is 1. The molecule has 4 nitrogen and oxygen atoms in total. The van der Waals surface area contributed by atoms with Gasteiger partial charge in [-0.05, 0) is 104 Å². The number of carbonyl (C=O) groups excluding carboxylic acids is 1. The molecule has 0 saturated heterocycles. The van der Waals surface area contributed by atoms with Crippen LogP contribution in [-0.4, -0.2) is 5.97 Å². The van der Waals surface area contributed by atoms with E-state index in [1.54, 1.807) is 18.2 Å². The first-order valence-corrected chi connectivity index (χ1v) is 15.6. The van der Waals surface area contributed by atoms with E-state index >= 15 is 0 Å². The summed E-state index contributed by atoms with van der Waals surface area (Å²) in [6.45, 7) is 12.5. The molecule has 1 aromatic carbocycles. The fourth-order valence-corrected chi connectivity index (χ4v) is 9.79. The van der Waals surface area contributed by atoms with Gasteiger partial charge in [-0.25, -0.2) is 0 Å². The maximum atomic E-state index is 13.1. The molecule has 0 spiro atoms. The summed E-state index contributed by atoms with van der Waals surface area (Å²) in [4.78, 5) is 13.1. The number of hydrogen-bond acceptors (Lipinski definition) is 4. The number of hydrogen-bond donors (Lipinski definition) is 2. The fraction of sp³-hybridized carbons (Fsp3) is 0.735. The molecule has 4 N–H and O–H groups in total. The van der Waals surface area contributed by atoms with Crippen LogP contribution in [0.2, 0.25) is 0 Å². The summed E-state index contributed by atoms with van der Waals surface area (Å²) in [5.74, 6) is 5.25. The molecule has 38 heavy (non-hydrogen) atoms. The minimum Gasteiger partial charge on any atom is -0.426 e. The number of nitrogens with two attached hydrogens (primary N) is 2. The van der Waals surface area contributed by atoms with Crippen molar-refractivity contribution < 1.29 is 9.53 Å². The normalized spacial score (nSPS) is 37.1. The van der Waals surface area contributed by atoms with Crippen LogP contribution in [0, 0.1) is 52.3 Å². The zero-order chi connectivity index (χ0) is 27.2. The summed E-state index contributed by atoms with van der Waals surface area (Å²) in [5.41, 5.74) is 15.1. The third-order valence-electron chi connectivity index (χ3n) is 11.8. The third-order valence-corrected chi connectivity index (χ3v) is 11.8. The predicted octanol–water partition coefficient (Wildman–Crippen LogP) is 8.41. The maximum Gasteiger partial charge on any atom is 0.314 e. The molecule has 3 fully saturated rings. The Balaban J connectivity index is 1.26. The van der Waals surface area contributed by atoms with Crippen molar-refractivity contribution >= 4 is 17.3 Å². The topological polar surface area (TPSA) is 78.3 Å². The van der Waals surface area contributed by atoms with Crippen LogP contribution in [0.3, 0.4) is 0 Å². The van der Waals surface area contributed by atoms with Crippen LogP contribution in [0.15, 0.2) is 29.8 Å². The molecule has 4 aliphatic rings. The molecule has 0 amide bonds. The van der Waals surface area contributed by atoms with Crippen LogP contribution < -0.4 is 16.2 Å². The van der Waals surface area contributed by atoms with Crippen LogP contribution in [0.25, 0.3) is 0 Å². The van der Waals surface area contributed by atoms with Crippen molar-refractivity contribution in [3.63, 3.8) is 0 Å². The van der Waals surface area contributed by atoms with E-state index in [0.717, 1.165) is 54.8 Å². The number of benzene rings is 1. The highest BCUT2D eigenvalue weighted by Gasteiger charge is 2.59. The number of anilines is 2. The van der Waals surface area contributed by atoms with Crippen molar-refractivity contribution in [3.8, 4) is 5.75 Å². The Morgan fingerprint density at radius 3 is 2.42 bits per heavy atom. The van der Waals surface area contributed by atoms with Gasteiger partial charge >= 0.3 is 5.97 Å². The molecule has 0 aromatic heterocycles. The molecule has 1 aromatic rings. The molecule has 8 atom stereocenters. The van der Waals surface area contributed by atoms with Crippen molar-refractivity contribution in [1.82, 2.24) is 0 Å². The van der Waals surface area contributed by atoms with E-state index in [0.29, 0.717) is 22.5 Å². The zero-order valence-electron chi connectivity index (χ0n) is 24.6. The number of fused-ring (bicyclic) bond motifs is 5. The molecule has 0 bridgehead atoms. The van der Waals surface area contributed by atoms with E-state index in [-0.39, 0.29) is 17.3 Å². The smallest absolute Gasteiger partial charge is 0.314 e. The Hall–Kier alpha value is -1.97. The molecular formula is C34H52N2O2. The summed E-state index contributed by atoms with van der Waals surface area (Å²) < 4.78 is 5.75. The van der Waals surface area contributed by atoms with Crippen LogP contribution in [-0.2, 0) is 4.79 Å². The van der Waals surface area contributed by atoms with Gasteiger partial charge in [0.1, 0.15) is 5.75 Å². The van der Waals surface area contributed by atoms with E-state index < -0.39 is 0 Å². The molecule has 0 heterocycles. The summed E-state index contributed by atoms with van der Waals surface area (Å²) in [5, 5.41) is 0. The van der Waals surface area contributed by atoms with Gasteiger partial charge < -0.3 is 16.2 Å². The van der Waals surface area contributed by atoms with Crippen LogP contribution in [0.1, 0.15) is 105 Å². The number of nitrogen functional groups attached to an aromatic ring is 2. The largest absolute Gasteiger partial charge is 0.426 e. The lowest BCUT2D eigenvalue weighted by Gasteiger charge is -2.58. The summed E-state index contributed by atoms with van der Waals surface area (Å²) in [7, 11) is 0. The lowest BCUT2D eigenvalue weighted by molar-refractivity contribution is -0.140. The quantitative estimate of drug-likeness (QED) is 0.164. The Labute approximate surface area is 231 Å². The Kier molecular flexibility index (Phi) is 7.66. The van der Waals surface area contributed by atoms with Gasteiger partial charge in [0.15, 0.2) is 0 Å². The SMILES string of the molecule is CC(C)CCCC(C)C1CCC2C3CC=C4CC(C(=O)Oc5cc(N)cc(N)c5)CCC4(C)C3CCC12C.